The summed E-state index contributed by atoms with van der Waals surface area (Å²) in [5, 5.41) is 3.43. The smallest absolute Gasteiger partial charge is 0.253 e. The molecule has 1 heterocycles. The van der Waals surface area contributed by atoms with Gasteiger partial charge >= 0.3 is 0 Å². The molecule has 1 fully saturated rings. The van der Waals surface area contributed by atoms with Gasteiger partial charge in [0.15, 0.2) is 5.96 Å². The van der Waals surface area contributed by atoms with Crippen LogP contribution in [0.5, 0.6) is 5.75 Å². The van der Waals surface area contributed by atoms with E-state index in [4.69, 9.17) is 9.73 Å². The highest BCUT2D eigenvalue weighted by atomic mass is 127. The predicted octanol–water partition coefficient (Wildman–Crippen LogP) is 3.35. The number of carbonyl (C=O) groups is 1. The van der Waals surface area contributed by atoms with Gasteiger partial charge in [0.25, 0.3) is 5.91 Å². The number of methoxy groups -OCH3 is 1. The van der Waals surface area contributed by atoms with Crippen LogP contribution in [-0.4, -0.2) is 82.1 Å². The van der Waals surface area contributed by atoms with E-state index in [2.05, 4.69) is 40.2 Å². The van der Waals surface area contributed by atoms with Gasteiger partial charge in [-0.15, -0.1) is 24.0 Å². The quantitative estimate of drug-likeness (QED) is 0.317. The predicted molar refractivity (Wildman–Crippen MR) is 146 cm³/mol. The molecular weight excluding hydrogens is 529 g/mol. The number of benzene rings is 2. The second-order valence-corrected chi connectivity index (χ2v) is 8.06. The van der Waals surface area contributed by atoms with Crippen LogP contribution in [0.1, 0.15) is 22.8 Å². The molecule has 2 aromatic rings. The lowest BCUT2D eigenvalue weighted by atomic mass is 10.1. The average molecular weight is 566 g/mol. The Bertz CT molecular complexity index is 927. The molecule has 0 saturated carbocycles. The Morgan fingerprint density at radius 2 is 1.82 bits per heavy atom. The summed E-state index contributed by atoms with van der Waals surface area (Å²) in [6.07, 6.45) is 0.799. The summed E-state index contributed by atoms with van der Waals surface area (Å²) in [5.41, 5.74) is 3.04. The van der Waals surface area contributed by atoms with Gasteiger partial charge in [0.1, 0.15) is 5.75 Å². The van der Waals surface area contributed by atoms with E-state index in [-0.39, 0.29) is 29.9 Å². The van der Waals surface area contributed by atoms with Crippen molar-refractivity contribution in [1.82, 2.24) is 15.1 Å². The van der Waals surface area contributed by atoms with Crippen LogP contribution < -0.4 is 15.0 Å². The van der Waals surface area contributed by atoms with Crippen molar-refractivity contribution in [2.45, 2.75) is 13.3 Å². The van der Waals surface area contributed by atoms with Crippen LogP contribution in [0.2, 0.25) is 0 Å². The summed E-state index contributed by atoms with van der Waals surface area (Å²) in [6, 6.07) is 16.1. The van der Waals surface area contributed by atoms with E-state index in [0.717, 1.165) is 62.0 Å². The number of anilines is 1. The number of rotatable bonds is 7. The Hall–Kier alpha value is -2.49. The van der Waals surface area contributed by atoms with E-state index in [1.165, 1.54) is 5.69 Å². The minimum absolute atomic E-state index is 0. The van der Waals surface area contributed by atoms with E-state index >= 15 is 0 Å². The van der Waals surface area contributed by atoms with Crippen molar-refractivity contribution in [3.8, 4) is 5.75 Å². The van der Waals surface area contributed by atoms with Gasteiger partial charge in [0, 0.05) is 70.7 Å². The van der Waals surface area contributed by atoms with Crippen molar-refractivity contribution in [2.75, 3.05) is 65.4 Å². The summed E-state index contributed by atoms with van der Waals surface area (Å²) in [7, 11) is 5.25. The Labute approximate surface area is 214 Å². The first kappa shape index (κ1) is 26.8. The number of piperazine rings is 1. The highest BCUT2D eigenvalue weighted by molar-refractivity contribution is 14.0. The van der Waals surface area contributed by atoms with Crippen LogP contribution in [-0.2, 0) is 6.42 Å². The van der Waals surface area contributed by atoms with Crippen molar-refractivity contribution < 1.29 is 9.53 Å². The maximum Gasteiger partial charge on any atom is 0.253 e. The fourth-order valence-corrected chi connectivity index (χ4v) is 3.82. The van der Waals surface area contributed by atoms with Gasteiger partial charge < -0.3 is 24.8 Å². The number of hydrogen-bond donors (Lipinski definition) is 1. The van der Waals surface area contributed by atoms with E-state index in [1.807, 2.05) is 30.3 Å². The van der Waals surface area contributed by atoms with Crippen LogP contribution in [0.25, 0.3) is 0 Å². The van der Waals surface area contributed by atoms with Gasteiger partial charge in [0.05, 0.1) is 7.11 Å². The fraction of sp³-hybridized carbons (Fsp3) is 0.440. The van der Waals surface area contributed by atoms with E-state index in [1.54, 1.807) is 26.1 Å². The molecule has 180 valence electrons. The number of hydrogen-bond acceptors (Lipinski definition) is 4. The minimum Gasteiger partial charge on any atom is -0.497 e. The van der Waals surface area contributed by atoms with Gasteiger partial charge in [-0.05, 0) is 43.2 Å². The molecule has 7 nitrogen and oxygen atoms in total. The molecule has 0 radical (unpaired) electrons. The molecule has 3 rings (SSSR count). The summed E-state index contributed by atoms with van der Waals surface area (Å²) in [5.74, 6) is 1.87. The molecule has 1 amide bonds. The first-order valence-corrected chi connectivity index (χ1v) is 11.2. The third kappa shape index (κ3) is 7.52. The van der Waals surface area contributed by atoms with Crippen molar-refractivity contribution in [3.05, 3.63) is 59.7 Å². The lowest BCUT2D eigenvalue weighted by Gasteiger charge is -2.37. The zero-order valence-corrected chi connectivity index (χ0v) is 22.4. The van der Waals surface area contributed by atoms with Crippen LogP contribution in [0.15, 0.2) is 53.5 Å². The number of aliphatic imine (C=N–C) groups is 1. The second-order valence-electron chi connectivity index (χ2n) is 8.06. The first-order valence-electron chi connectivity index (χ1n) is 11.2. The van der Waals surface area contributed by atoms with Crippen LogP contribution in [0, 0.1) is 0 Å². The van der Waals surface area contributed by atoms with E-state index < -0.39 is 0 Å². The number of ether oxygens (including phenoxy) is 1. The van der Waals surface area contributed by atoms with E-state index in [9.17, 15) is 4.79 Å². The number of nitrogens with one attached hydrogen (secondary N) is 1. The Morgan fingerprint density at radius 3 is 2.48 bits per heavy atom. The van der Waals surface area contributed by atoms with Gasteiger partial charge in [-0.3, -0.25) is 9.79 Å². The SMILES string of the molecule is CCNC(=NCCc1cccc(C(=O)N(C)C)c1)N1CCN(c2cccc(OC)c2)CC1.I. The average Bonchev–Trinajstić information content (AvgIpc) is 2.83. The summed E-state index contributed by atoms with van der Waals surface area (Å²) in [6.45, 7) is 7.31. The number of halogens is 1. The maximum atomic E-state index is 12.2. The normalized spacial score (nSPS) is 13.9. The van der Waals surface area contributed by atoms with Crippen molar-refractivity contribution >= 4 is 41.5 Å². The number of nitrogens with zero attached hydrogens (tertiary/aromatic N) is 4. The highest BCUT2D eigenvalue weighted by Gasteiger charge is 2.20. The molecule has 0 atom stereocenters. The van der Waals surface area contributed by atoms with Crippen molar-refractivity contribution in [3.63, 3.8) is 0 Å². The van der Waals surface area contributed by atoms with Gasteiger partial charge in [-0.1, -0.05) is 18.2 Å². The highest BCUT2D eigenvalue weighted by Crippen LogP contribution is 2.22. The lowest BCUT2D eigenvalue weighted by Crippen LogP contribution is -2.52. The largest absolute Gasteiger partial charge is 0.497 e. The molecule has 1 saturated heterocycles. The second kappa shape index (κ2) is 13.3. The topological polar surface area (TPSA) is 60.4 Å². The monoisotopic (exact) mass is 565 g/mol. The van der Waals surface area contributed by atoms with Crippen molar-refractivity contribution in [1.29, 1.82) is 0 Å². The zero-order chi connectivity index (χ0) is 22.9. The molecule has 1 N–H and O–H groups in total. The molecule has 33 heavy (non-hydrogen) atoms. The van der Waals surface area contributed by atoms with Gasteiger partial charge in [-0.2, -0.15) is 0 Å². The minimum atomic E-state index is 0. The Kier molecular flexibility index (Phi) is 10.8. The van der Waals surface area contributed by atoms with Gasteiger partial charge in [-0.25, -0.2) is 0 Å². The third-order valence-electron chi connectivity index (χ3n) is 5.57. The molecule has 1 aliphatic heterocycles. The molecule has 2 aromatic carbocycles. The van der Waals surface area contributed by atoms with Crippen molar-refractivity contribution in [2.24, 2.45) is 4.99 Å². The van der Waals surface area contributed by atoms with Crippen LogP contribution in [0.3, 0.4) is 0 Å². The van der Waals surface area contributed by atoms with Crippen LogP contribution in [0.4, 0.5) is 5.69 Å². The van der Waals surface area contributed by atoms with E-state index in [0.29, 0.717) is 6.54 Å². The molecule has 8 heteroatoms. The van der Waals surface area contributed by atoms with Gasteiger partial charge in [0.2, 0.25) is 0 Å². The first-order chi connectivity index (χ1) is 15.5. The summed E-state index contributed by atoms with van der Waals surface area (Å²) in [4.78, 5) is 23.4. The summed E-state index contributed by atoms with van der Waals surface area (Å²) >= 11 is 0. The lowest BCUT2D eigenvalue weighted by molar-refractivity contribution is 0.0827. The standard InChI is InChI=1S/C25H35N5O2.HI/c1-5-26-25(27-13-12-20-8-6-9-21(18-20)24(31)28(2)3)30-16-14-29(15-17-30)22-10-7-11-23(19-22)32-4;/h6-11,18-19H,5,12-17H2,1-4H3,(H,26,27);1H. The molecule has 0 aromatic heterocycles. The molecule has 0 spiro atoms. The number of carbonyl (C=O) groups excluding carboxylic acids is 1. The zero-order valence-electron chi connectivity index (χ0n) is 20.1. The molecule has 0 unspecified atom stereocenters. The maximum absolute atomic E-state index is 12.2. The fourth-order valence-electron chi connectivity index (χ4n) is 3.82. The number of amides is 1. The Balaban J connectivity index is 0.00000385. The molecule has 1 aliphatic rings. The van der Waals surface area contributed by atoms with Crippen LogP contribution >= 0.6 is 24.0 Å². The molecule has 0 aliphatic carbocycles. The number of guanidine groups is 1. The third-order valence-corrected chi connectivity index (χ3v) is 5.57. The molecular formula is C25H36IN5O2. The molecule has 0 bridgehead atoms. The Morgan fingerprint density at radius 1 is 1.09 bits per heavy atom. The summed E-state index contributed by atoms with van der Waals surface area (Å²) < 4.78 is 5.36.